The summed E-state index contributed by atoms with van der Waals surface area (Å²) >= 11 is 0. The van der Waals surface area contributed by atoms with Crippen LogP contribution in [0.5, 0.6) is 0 Å². The van der Waals surface area contributed by atoms with Crippen LogP contribution in [0.3, 0.4) is 0 Å². The fourth-order valence-electron chi connectivity index (χ4n) is 7.26. The zero-order valence-electron chi connectivity index (χ0n) is 26.5. The molecule has 3 saturated heterocycles. The molecule has 3 aromatic rings. The SMILES string of the molecule is O=C(NCCCCC1NC(=O)C2(CCN(c3ccccc3)CC2)N(C2CCN(Cc3ccccc3)C2)C1=O)OCc1ccccc1. The van der Waals surface area contributed by atoms with Gasteiger partial charge in [-0.05, 0) is 61.8 Å². The third-order valence-corrected chi connectivity index (χ3v) is 9.70. The number of carbonyl (C=O) groups excluding carboxylic acids is 3. The molecule has 6 rings (SSSR count). The van der Waals surface area contributed by atoms with Crippen molar-refractivity contribution in [2.75, 3.05) is 37.6 Å². The molecule has 0 bridgehead atoms. The lowest BCUT2D eigenvalue weighted by Crippen LogP contribution is -2.75. The highest BCUT2D eigenvalue weighted by Gasteiger charge is 2.56. The minimum Gasteiger partial charge on any atom is -0.445 e. The maximum absolute atomic E-state index is 14.3. The molecular weight excluding hydrogens is 578 g/mol. The Hall–Kier alpha value is -4.37. The largest absolute Gasteiger partial charge is 0.445 e. The van der Waals surface area contributed by atoms with Gasteiger partial charge in [-0.25, -0.2) is 4.79 Å². The van der Waals surface area contributed by atoms with Gasteiger partial charge in [-0.15, -0.1) is 0 Å². The summed E-state index contributed by atoms with van der Waals surface area (Å²) in [5.41, 5.74) is 2.50. The van der Waals surface area contributed by atoms with Gasteiger partial charge >= 0.3 is 6.09 Å². The number of benzene rings is 3. The molecule has 3 heterocycles. The number of alkyl carbamates (subject to hydrolysis) is 1. The van der Waals surface area contributed by atoms with Crippen molar-refractivity contribution in [3.05, 3.63) is 102 Å². The second-order valence-corrected chi connectivity index (χ2v) is 12.7. The number of hydrogen-bond donors (Lipinski definition) is 2. The molecule has 0 aliphatic carbocycles. The van der Waals surface area contributed by atoms with Gasteiger partial charge in [-0.1, -0.05) is 78.9 Å². The van der Waals surface area contributed by atoms with E-state index in [0.29, 0.717) is 38.6 Å². The van der Waals surface area contributed by atoms with E-state index < -0.39 is 17.7 Å². The van der Waals surface area contributed by atoms with E-state index in [1.165, 1.54) is 5.56 Å². The quantitative estimate of drug-likeness (QED) is 0.300. The first-order valence-corrected chi connectivity index (χ1v) is 16.7. The minimum atomic E-state index is -0.837. The molecule has 3 fully saturated rings. The van der Waals surface area contributed by atoms with E-state index in [1.807, 2.05) is 59.5 Å². The Morgan fingerprint density at radius 1 is 0.848 bits per heavy atom. The Balaban J connectivity index is 1.07. The van der Waals surface area contributed by atoms with E-state index in [9.17, 15) is 14.4 Å². The lowest BCUT2D eigenvalue weighted by molar-refractivity contribution is -0.163. The van der Waals surface area contributed by atoms with Gasteiger partial charge in [0.2, 0.25) is 11.8 Å². The molecule has 2 N–H and O–H groups in total. The molecule has 0 radical (unpaired) electrons. The predicted octanol–water partition coefficient (Wildman–Crippen LogP) is 4.72. The molecule has 9 nitrogen and oxygen atoms in total. The molecule has 242 valence electrons. The number of hydrogen-bond acceptors (Lipinski definition) is 6. The van der Waals surface area contributed by atoms with Crippen LogP contribution in [0, 0.1) is 0 Å². The number of rotatable bonds is 11. The Labute approximate surface area is 271 Å². The Morgan fingerprint density at radius 2 is 1.50 bits per heavy atom. The standard InChI is InChI=1S/C37H45N5O4/c43-34-33(18-10-11-22-38-36(45)46-28-30-14-6-2-7-15-30)39-35(44)37(20-24-41(25-21-37)31-16-8-3-9-17-31)42(34)32-19-23-40(27-32)26-29-12-4-1-5-13-29/h1-9,12-17,32-33H,10-11,18-28H2,(H,38,45)(H,39,44). The lowest BCUT2D eigenvalue weighted by Gasteiger charge is -2.54. The fraction of sp³-hybridized carbons (Fsp3) is 0.432. The fourth-order valence-corrected chi connectivity index (χ4v) is 7.26. The zero-order chi connectivity index (χ0) is 31.8. The highest BCUT2D eigenvalue weighted by molar-refractivity contribution is 6.00. The lowest BCUT2D eigenvalue weighted by atomic mass is 9.80. The van der Waals surface area contributed by atoms with Crippen LogP contribution in [0.2, 0.25) is 0 Å². The van der Waals surface area contributed by atoms with E-state index in [-0.39, 0.29) is 24.5 Å². The summed E-state index contributed by atoms with van der Waals surface area (Å²) in [6, 6.07) is 29.7. The number of likely N-dealkylation sites (tertiary alicyclic amines) is 1. The number of piperazine rings is 1. The van der Waals surface area contributed by atoms with Crippen LogP contribution in [0.4, 0.5) is 10.5 Å². The molecule has 2 unspecified atom stereocenters. The minimum absolute atomic E-state index is 0.00547. The van der Waals surface area contributed by atoms with Crippen LogP contribution in [0.15, 0.2) is 91.0 Å². The molecule has 3 aliphatic heterocycles. The average Bonchev–Trinajstić information content (AvgIpc) is 3.55. The van der Waals surface area contributed by atoms with E-state index in [4.69, 9.17) is 4.74 Å². The monoisotopic (exact) mass is 623 g/mol. The summed E-state index contributed by atoms with van der Waals surface area (Å²) in [6.07, 6.45) is 3.54. The number of amides is 3. The van der Waals surface area contributed by atoms with Crippen molar-refractivity contribution in [3.63, 3.8) is 0 Å². The average molecular weight is 624 g/mol. The van der Waals surface area contributed by atoms with Gasteiger partial charge in [0.05, 0.1) is 0 Å². The molecule has 0 saturated carbocycles. The number of anilines is 1. The molecule has 3 aromatic carbocycles. The summed E-state index contributed by atoms with van der Waals surface area (Å²) in [5.74, 6) is 0.0171. The number of piperidine rings is 1. The van der Waals surface area contributed by atoms with Crippen LogP contribution in [-0.4, -0.2) is 78.1 Å². The highest BCUT2D eigenvalue weighted by atomic mass is 16.5. The molecule has 0 aromatic heterocycles. The first kappa shape index (κ1) is 31.6. The number of carbonyl (C=O) groups is 3. The summed E-state index contributed by atoms with van der Waals surface area (Å²) < 4.78 is 5.30. The van der Waals surface area contributed by atoms with Crippen molar-refractivity contribution in [1.29, 1.82) is 0 Å². The normalized spacial score (nSPS) is 21.3. The molecule has 1 spiro atoms. The number of unbranched alkanes of at least 4 members (excludes halogenated alkanes) is 1. The van der Waals surface area contributed by atoms with Gasteiger partial charge < -0.3 is 25.2 Å². The van der Waals surface area contributed by atoms with Crippen molar-refractivity contribution in [1.82, 2.24) is 20.4 Å². The van der Waals surface area contributed by atoms with Crippen LogP contribution >= 0.6 is 0 Å². The van der Waals surface area contributed by atoms with Crippen molar-refractivity contribution >= 4 is 23.6 Å². The number of nitrogens with one attached hydrogen (secondary N) is 2. The maximum Gasteiger partial charge on any atom is 0.407 e. The summed E-state index contributed by atoms with van der Waals surface area (Å²) in [4.78, 5) is 47.3. The van der Waals surface area contributed by atoms with Gasteiger partial charge in [0, 0.05) is 51.0 Å². The van der Waals surface area contributed by atoms with Crippen LogP contribution < -0.4 is 15.5 Å². The van der Waals surface area contributed by atoms with Crippen LogP contribution in [0.25, 0.3) is 0 Å². The van der Waals surface area contributed by atoms with Gasteiger partial charge in [0.25, 0.3) is 0 Å². The van der Waals surface area contributed by atoms with Gasteiger partial charge in [-0.2, -0.15) is 0 Å². The van der Waals surface area contributed by atoms with E-state index >= 15 is 0 Å². The molecule has 3 aliphatic rings. The van der Waals surface area contributed by atoms with Crippen LogP contribution in [-0.2, 0) is 27.5 Å². The Morgan fingerprint density at radius 3 is 2.20 bits per heavy atom. The Bertz CT molecular complexity index is 1450. The number of para-hydroxylation sites is 1. The molecule has 46 heavy (non-hydrogen) atoms. The smallest absolute Gasteiger partial charge is 0.407 e. The first-order chi connectivity index (χ1) is 22.5. The van der Waals surface area contributed by atoms with Crippen molar-refractivity contribution in [2.24, 2.45) is 0 Å². The highest BCUT2D eigenvalue weighted by Crippen LogP contribution is 2.38. The van der Waals surface area contributed by atoms with E-state index in [1.54, 1.807) is 0 Å². The second kappa shape index (κ2) is 14.8. The molecule has 3 amide bonds. The number of ether oxygens (including phenoxy) is 1. The summed E-state index contributed by atoms with van der Waals surface area (Å²) in [7, 11) is 0. The summed E-state index contributed by atoms with van der Waals surface area (Å²) in [5, 5.41) is 5.95. The second-order valence-electron chi connectivity index (χ2n) is 12.7. The molecule has 9 heteroatoms. The van der Waals surface area contributed by atoms with Crippen molar-refractivity contribution in [2.45, 2.75) is 69.3 Å². The topological polar surface area (TPSA) is 94.2 Å². The van der Waals surface area contributed by atoms with Gasteiger partial charge in [0.1, 0.15) is 18.2 Å². The zero-order valence-corrected chi connectivity index (χ0v) is 26.5. The Kier molecular flexibility index (Phi) is 10.2. The molecular formula is C37H45N5O4. The number of nitrogens with zero attached hydrogens (tertiary/aromatic N) is 3. The van der Waals surface area contributed by atoms with Crippen LogP contribution in [0.1, 0.15) is 49.7 Å². The van der Waals surface area contributed by atoms with Gasteiger partial charge in [-0.3, -0.25) is 14.5 Å². The van der Waals surface area contributed by atoms with Gasteiger partial charge in [0.15, 0.2) is 0 Å². The summed E-state index contributed by atoms with van der Waals surface area (Å²) in [6.45, 7) is 4.61. The molecule has 2 atom stereocenters. The predicted molar refractivity (Wildman–Crippen MR) is 178 cm³/mol. The maximum atomic E-state index is 14.3. The van der Waals surface area contributed by atoms with Crippen molar-refractivity contribution in [3.8, 4) is 0 Å². The van der Waals surface area contributed by atoms with Crippen molar-refractivity contribution < 1.29 is 19.1 Å². The van der Waals surface area contributed by atoms with E-state index in [2.05, 4.69) is 56.8 Å². The van der Waals surface area contributed by atoms with E-state index in [0.717, 1.165) is 50.4 Å². The third kappa shape index (κ3) is 7.36. The third-order valence-electron chi connectivity index (χ3n) is 9.70. The first-order valence-electron chi connectivity index (χ1n) is 16.7.